The molecule has 0 aliphatic carbocycles. The second-order valence-electron chi connectivity index (χ2n) is 5.12. The molecule has 2 heterocycles. The highest BCUT2D eigenvalue weighted by Gasteiger charge is 2.32. The van der Waals surface area contributed by atoms with Gasteiger partial charge < -0.3 is 4.57 Å². The van der Waals surface area contributed by atoms with Gasteiger partial charge in [-0.15, -0.1) is 0 Å². The van der Waals surface area contributed by atoms with Gasteiger partial charge in [0.2, 0.25) is 0 Å². The van der Waals surface area contributed by atoms with Crippen LogP contribution in [0.25, 0.3) is 11.4 Å². The zero-order chi connectivity index (χ0) is 16.3. The maximum absolute atomic E-state index is 13.0. The summed E-state index contributed by atoms with van der Waals surface area (Å²) in [5.41, 5.74) is 1.15. The van der Waals surface area contributed by atoms with E-state index in [0.717, 1.165) is 11.8 Å². The minimum atomic E-state index is -4.33. The molecule has 0 spiro atoms. The number of aromatic nitrogens is 3. The number of benzene rings is 1. The van der Waals surface area contributed by atoms with Crippen molar-refractivity contribution < 1.29 is 13.2 Å². The lowest BCUT2D eigenvalue weighted by atomic mass is 10.0. The van der Waals surface area contributed by atoms with Crippen molar-refractivity contribution in [2.75, 3.05) is 0 Å². The summed E-state index contributed by atoms with van der Waals surface area (Å²) in [4.78, 5) is 8.45. The summed E-state index contributed by atoms with van der Waals surface area (Å²) < 4.78 is 40.7. The third-order valence-electron chi connectivity index (χ3n) is 3.52. The first-order valence-corrected chi connectivity index (χ1v) is 7.12. The van der Waals surface area contributed by atoms with E-state index in [1.807, 2.05) is 18.2 Å². The van der Waals surface area contributed by atoms with Gasteiger partial charge in [0.25, 0.3) is 0 Å². The van der Waals surface area contributed by atoms with Crippen molar-refractivity contribution in [3.05, 3.63) is 72.3 Å². The van der Waals surface area contributed by atoms with Crippen LogP contribution < -0.4 is 0 Å². The molecule has 0 saturated heterocycles. The van der Waals surface area contributed by atoms with Crippen LogP contribution in [-0.4, -0.2) is 14.5 Å². The third kappa shape index (κ3) is 3.59. The van der Waals surface area contributed by atoms with Crippen LogP contribution in [0, 0.1) is 0 Å². The first kappa shape index (κ1) is 15.3. The van der Waals surface area contributed by atoms with Crippen molar-refractivity contribution in [3.63, 3.8) is 0 Å². The molecule has 118 valence electrons. The lowest BCUT2D eigenvalue weighted by Gasteiger charge is -2.12. The van der Waals surface area contributed by atoms with Crippen LogP contribution in [0.5, 0.6) is 0 Å². The molecule has 0 fully saturated rings. The molecule has 0 aliphatic heterocycles. The summed E-state index contributed by atoms with van der Waals surface area (Å²) in [6.45, 7) is 0.424. The van der Waals surface area contributed by atoms with E-state index < -0.39 is 11.7 Å². The lowest BCUT2D eigenvalue weighted by molar-refractivity contribution is -0.138. The molecule has 0 N–H and O–H groups in total. The second-order valence-corrected chi connectivity index (χ2v) is 5.12. The molecule has 23 heavy (non-hydrogen) atoms. The summed E-state index contributed by atoms with van der Waals surface area (Å²) in [5, 5.41) is 0. The Bertz CT molecular complexity index is 779. The number of imidazole rings is 1. The van der Waals surface area contributed by atoms with Crippen LogP contribution >= 0.6 is 0 Å². The Morgan fingerprint density at radius 2 is 1.70 bits per heavy atom. The number of aryl methyl sites for hydroxylation is 2. The summed E-state index contributed by atoms with van der Waals surface area (Å²) in [7, 11) is 0. The first-order valence-electron chi connectivity index (χ1n) is 7.12. The molecule has 3 nitrogen and oxygen atoms in total. The first-order chi connectivity index (χ1) is 11.0. The van der Waals surface area contributed by atoms with Crippen molar-refractivity contribution in [1.82, 2.24) is 14.5 Å². The van der Waals surface area contributed by atoms with Gasteiger partial charge in [0.15, 0.2) is 0 Å². The number of halogens is 3. The minimum Gasteiger partial charge on any atom is -0.336 e. The van der Waals surface area contributed by atoms with Crippen molar-refractivity contribution in [1.29, 1.82) is 0 Å². The van der Waals surface area contributed by atoms with Crippen LogP contribution in [0.4, 0.5) is 13.2 Å². The minimum absolute atomic E-state index is 0.285. The van der Waals surface area contributed by atoms with Crippen LogP contribution in [0.3, 0.4) is 0 Å². The van der Waals surface area contributed by atoms with Crippen LogP contribution in [0.2, 0.25) is 0 Å². The predicted octanol–water partition coefficient (Wildman–Crippen LogP) is 4.21. The van der Waals surface area contributed by atoms with Gasteiger partial charge in [-0.25, -0.2) is 4.98 Å². The van der Waals surface area contributed by atoms with E-state index in [1.165, 1.54) is 12.1 Å². The Balaban J connectivity index is 1.74. The molecule has 0 bridgehead atoms. The molecule has 0 radical (unpaired) electrons. The van der Waals surface area contributed by atoms with E-state index >= 15 is 0 Å². The monoisotopic (exact) mass is 317 g/mol. The van der Waals surface area contributed by atoms with Crippen LogP contribution in [0.15, 0.2) is 61.2 Å². The topological polar surface area (TPSA) is 30.7 Å². The van der Waals surface area contributed by atoms with E-state index in [-0.39, 0.29) is 12.0 Å². The highest BCUT2D eigenvalue weighted by atomic mass is 19.4. The van der Waals surface area contributed by atoms with Crippen molar-refractivity contribution in [2.45, 2.75) is 19.1 Å². The zero-order valence-corrected chi connectivity index (χ0v) is 12.2. The summed E-state index contributed by atoms with van der Waals surface area (Å²) >= 11 is 0. The number of nitrogens with zero attached hydrogens (tertiary/aromatic N) is 3. The molecule has 0 amide bonds. The van der Waals surface area contributed by atoms with Gasteiger partial charge in [-0.05, 0) is 30.2 Å². The molecule has 2 aromatic heterocycles. The molecular weight excluding hydrogens is 303 g/mol. The number of hydrogen-bond acceptors (Lipinski definition) is 2. The van der Waals surface area contributed by atoms with Gasteiger partial charge >= 0.3 is 6.18 Å². The Hall–Kier alpha value is -2.63. The third-order valence-corrected chi connectivity index (χ3v) is 3.52. The Morgan fingerprint density at radius 3 is 2.43 bits per heavy atom. The van der Waals surface area contributed by atoms with Crippen molar-refractivity contribution >= 4 is 0 Å². The molecule has 0 atom stereocenters. The molecule has 0 unspecified atom stereocenters. The predicted molar refractivity (Wildman–Crippen MR) is 80.6 cm³/mol. The quantitative estimate of drug-likeness (QED) is 0.722. The summed E-state index contributed by atoms with van der Waals surface area (Å²) in [5.74, 6) is 0. The average molecular weight is 317 g/mol. The lowest BCUT2D eigenvalue weighted by Crippen LogP contribution is -2.10. The average Bonchev–Trinajstić information content (AvgIpc) is 3.02. The maximum Gasteiger partial charge on any atom is 0.416 e. The molecule has 3 rings (SSSR count). The van der Waals surface area contributed by atoms with E-state index in [1.54, 1.807) is 29.4 Å². The largest absolute Gasteiger partial charge is 0.416 e. The molecule has 0 saturated carbocycles. The van der Waals surface area contributed by atoms with Gasteiger partial charge in [-0.1, -0.05) is 24.3 Å². The number of hydrogen-bond donors (Lipinski definition) is 0. The van der Waals surface area contributed by atoms with Gasteiger partial charge in [0.1, 0.15) is 5.69 Å². The standard InChI is InChI=1S/C17H14F3N3/c18-17(19,20)14-6-2-1-5-13(14)8-10-23-11-16(22-12-23)15-7-3-4-9-21-15/h1-7,9,11-12H,8,10H2. The number of pyridine rings is 1. The van der Waals surface area contributed by atoms with Crippen LogP contribution in [-0.2, 0) is 19.1 Å². The van der Waals surface area contributed by atoms with E-state index in [4.69, 9.17) is 0 Å². The molecule has 0 aliphatic rings. The Morgan fingerprint density at radius 1 is 0.913 bits per heavy atom. The normalized spacial score (nSPS) is 11.6. The zero-order valence-electron chi connectivity index (χ0n) is 12.2. The van der Waals surface area contributed by atoms with Gasteiger partial charge in [0.05, 0.1) is 17.6 Å². The van der Waals surface area contributed by atoms with Crippen molar-refractivity contribution in [2.24, 2.45) is 0 Å². The van der Waals surface area contributed by atoms with Gasteiger partial charge in [0, 0.05) is 18.9 Å². The van der Waals surface area contributed by atoms with Crippen LogP contribution in [0.1, 0.15) is 11.1 Å². The molecule has 1 aromatic carbocycles. The number of alkyl halides is 3. The smallest absolute Gasteiger partial charge is 0.336 e. The Labute approximate surface area is 131 Å². The second kappa shape index (κ2) is 6.24. The van der Waals surface area contributed by atoms with E-state index in [2.05, 4.69) is 9.97 Å². The summed E-state index contributed by atoms with van der Waals surface area (Å²) in [6, 6.07) is 11.2. The maximum atomic E-state index is 13.0. The van der Waals surface area contributed by atoms with Gasteiger partial charge in [-0.2, -0.15) is 13.2 Å². The highest BCUT2D eigenvalue weighted by molar-refractivity contribution is 5.52. The number of rotatable bonds is 4. The van der Waals surface area contributed by atoms with E-state index in [0.29, 0.717) is 12.2 Å². The molecule has 3 aromatic rings. The summed E-state index contributed by atoms with van der Waals surface area (Å²) in [6.07, 6.45) is 1.03. The SMILES string of the molecule is FC(F)(F)c1ccccc1CCn1cnc(-c2ccccn2)c1. The van der Waals surface area contributed by atoms with Crippen molar-refractivity contribution in [3.8, 4) is 11.4 Å². The van der Waals surface area contributed by atoms with E-state index in [9.17, 15) is 13.2 Å². The fraction of sp³-hybridized carbons (Fsp3) is 0.176. The Kier molecular flexibility index (Phi) is 4.14. The van der Waals surface area contributed by atoms with Gasteiger partial charge in [-0.3, -0.25) is 4.98 Å². The highest BCUT2D eigenvalue weighted by Crippen LogP contribution is 2.32. The fourth-order valence-electron chi connectivity index (χ4n) is 2.39. The molecular formula is C17H14F3N3. The molecule has 6 heteroatoms. The fourth-order valence-corrected chi connectivity index (χ4v) is 2.39.